The number of rotatable bonds is 2. The Balaban J connectivity index is 1.72. The van der Waals surface area contributed by atoms with Gasteiger partial charge < -0.3 is 14.1 Å². The maximum atomic E-state index is 12.3. The van der Waals surface area contributed by atoms with Crippen molar-refractivity contribution >= 4 is 17.2 Å². The number of para-hydroxylation sites is 2. The van der Waals surface area contributed by atoms with Crippen molar-refractivity contribution in [3.05, 3.63) is 30.2 Å². The average molecular weight is 302 g/mol. The van der Waals surface area contributed by atoms with Gasteiger partial charge in [0, 0.05) is 19.0 Å². The van der Waals surface area contributed by atoms with Crippen LogP contribution < -0.4 is 0 Å². The first-order valence-corrected chi connectivity index (χ1v) is 7.76. The van der Waals surface area contributed by atoms with Crippen molar-refractivity contribution in [2.45, 2.75) is 51.7 Å². The number of oxazole rings is 1. The van der Waals surface area contributed by atoms with E-state index in [9.17, 15) is 4.79 Å². The average Bonchev–Trinajstić information content (AvgIpc) is 3.02. The molecule has 22 heavy (non-hydrogen) atoms. The Morgan fingerprint density at radius 2 is 2.18 bits per heavy atom. The van der Waals surface area contributed by atoms with E-state index in [0.29, 0.717) is 12.3 Å². The molecule has 2 aromatic rings. The summed E-state index contributed by atoms with van der Waals surface area (Å²) in [5.74, 6) is 0.682. The van der Waals surface area contributed by atoms with Crippen LogP contribution in [0.4, 0.5) is 4.79 Å². The van der Waals surface area contributed by atoms with Gasteiger partial charge in [-0.05, 0) is 45.7 Å². The van der Waals surface area contributed by atoms with E-state index in [4.69, 9.17) is 9.15 Å². The first kappa shape index (κ1) is 14.9. The molecule has 1 fully saturated rings. The monoisotopic (exact) mass is 302 g/mol. The third-order valence-electron chi connectivity index (χ3n) is 3.75. The van der Waals surface area contributed by atoms with E-state index in [1.165, 1.54) is 0 Å². The Morgan fingerprint density at radius 3 is 2.91 bits per heavy atom. The van der Waals surface area contributed by atoms with Gasteiger partial charge in [-0.25, -0.2) is 9.78 Å². The smallest absolute Gasteiger partial charge is 0.410 e. The zero-order chi connectivity index (χ0) is 15.7. The number of hydrogen-bond acceptors (Lipinski definition) is 4. The molecule has 0 radical (unpaired) electrons. The van der Waals surface area contributed by atoms with Gasteiger partial charge in [-0.1, -0.05) is 12.1 Å². The van der Waals surface area contributed by atoms with Crippen molar-refractivity contribution < 1.29 is 13.9 Å². The summed E-state index contributed by atoms with van der Waals surface area (Å²) in [6.07, 6.45) is 2.34. The summed E-state index contributed by atoms with van der Waals surface area (Å²) in [4.78, 5) is 18.6. The highest BCUT2D eigenvalue weighted by atomic mass is 16.6. The Bertz CT molecular complexity index is 639. The minimum absolute atomic E-state index is 0.0999. The number of ether oxygens (including phenoxy) is 1. The molecule has 3 rings (SSSR count). The molecule has 1 aliphatic rings. The second-order valence-corrected chi connectivity index (χ2v) is 6.75. The number of likely N-dealkylation sites (tertiary alicyclic amines) is 1. The van der Waals surface area contributed by atoms with Gasteiger partial charge in [-0.3, -0.25) is 0 Å². The molecule has 5 nitrogen and oxygen atoms in total. The lowest BCUT2D eigenvalue weighted by atomic mass is 10.1. The topological polar surface area (TPSA) is 55.6 Å². The molecule has 0 unspecified atom stereocenters. The van der Waals surface area contributed by atoms with Gasteiger partial charge in [0.05, 0.1) is 0 Å². The SMILES string of the molecule is CC(C)(C)OC(=O)N1CCC[C@H]1Cc1nc2ccccc2o1. The lowest BCUT2D eigenvalue weighted by Crippen LogP contribution is -2.40. The van der Waals surface area contributed by atoms with Crippen molar-refractivity contribution in [1.82, 2.24) is 9.88 Å². The molecule has 0 spiro atoms. The molecule has 0 aliphatic carbocycles. The standard InChI is InChI=1S/C17H22N2O3/c1-17(2,3)22-16(20)19-10-6-7-12(19)11-15-18-13-8-4-5-9-14(13)21-15/h4-5,8-9,12H,6-7,10-11H2,1-3H3/t12-/m0/s1. The first-order valence-electron chi connectivity index (χ1n) is 7.76. The quantitative estimate of drug-likeness (QED) is 0.847. The second-order valence-electron chi connectivity index (χ2n) is 6.75. The fraction of sp³-hybridized carbons (Fsp3) is 0.529. The van der Waals surface area contributed by atoms with Gasteiger partial charge in [0.1, 0.15) is 11.1 Å². The highest BCUT2D eigenvalue weighted by Gasteiger charge is 2.33. The summed E-state index contributed by atoms with van der Waals surface area (Å²) in [7, 11) is 0. The predicted molar refractivity (Wildman–Crippen MR) is 83.7 cm³/mol. The minimum atomic E-state index is -0.470. The Hall–Kier alpha value is -2.04. The summed E-state index contributed by atoms with van der Waals surface area (Å²) in [5.41, 5.74) is 1.18. The molecule has 1 saturated heterocycles. The Morgan fingerprint density at radius 1 is 1.41 bits per heavy atom. The lowest BCUT2D eigenvalue weighted by molar-refractivity contribution is 0.0223. The number of carbonyl (C=O) groups excluding carboxylic acids is 1. The summed E-state index contributed by atoms with van der Waals surface area (Å²) in [6, 6.07) is 7.81. The van der Waals surface area contributed by atoms with E-state index >= 15 is 0 Å². The van der Waals surface area contributed by atoms with Crippen molar-refractivity contribution in [3.63, 3.8) is 0 Å². The molecule has 1 amide bonds. The molecule has 0 saturated carbocycles. The molecule has 1 aliphatic heterocycles. The van der Waals surface area contributed by atoms with Crippen LogP contribution in [0, 0.1) is 0 Å². The summed E-state index contributed by atoms with van der Waals surface area (Å²) in [6.45, 7) is 6.39. The number of amides is 1. The maximum absolute atomic E-state index is 12.3. The molecule has 1 aromatic carbocycles. The lowest BCUT2D eigenvalue weighted by Gasteiger charge is -2.28. The zero-order valence-corrected chi connectivity index (χ0v) is 13.3. The molecule has 0 N–H and O–H groups in total. The van der Waals surface area contributed by atoms with Gasteiger partial charge in [0.15, 0.2) is 11.5 Å². The highest BCUT2D eigenvalue weighted by molar-refractivity contribution is 5.72. The number of benzene rings is 1. The van der Waals surface area contributed by atoms with Crippen LogP contribution in [0.3, 0.4) is 0 Å². The normalized spacial score (nSPS) is 18.9. The number of aromatic nitrogens is 1. The molecular formula is C17H22N2O3. The summed E-state index contributed by atoms with van der Waals surface area (Å²) < 4.78 is 11.3. The predicted octanol–water partition coefficient (Wildman–Crippen LogP) is 3.77. The van der Waals surface area contributed by atoms with Crippen molar-refractivity contribution in [3.8, 4) is 0 Å². The maximum Gasteiger partial charge on any atom is 0.410 e. The van der Waals surface area contributed by atoms with E-state index in [1.54, 1.807) is 4.90 Å². The largest absolute Gasteiger partial charge is 0.444 e. The van der Waals surface area contributed by atoms with Gasteiger partial charge in [0.25, 0.3) is 0 Å². The first-order chi connectivity index (χ1) is 10.4. The number of hydrogen-bond donors (Lipinski definition) is 0. The molecule has 0 bridgehead atoms. The van der Waals surface area contributed by atoms with E-state index in [1.807, 2.05) is 45.0 Å². The summed E-state index contributed by atoms with van der Waals surface area (Å²) >= 11 is 0. The molecule has 5 heteroatoms. The van der Waals surface area contributed by atoms with Crippen LogP contribution in [0.5, 0.6) is 0 Å². The van der Waals surface area contributed by atoms with Crippen LogP contribution in [0.2, 0.25) is 0 Å². The number of nitrogens with zero attached hydrogens (tertiary/aromatic N) is 2. The van der Waals surface area contributed by atoms with E-state index in [0.717, 1.165) is 30.5 Å². The molecular weight excluding hydrogens is 280 g/mol. The fourth-order valence-corrected chi connectivity index (χ4v) is 2.82. The van der Waals surface area contributed by atoms with Crippen LogP contribution >= 0.6 is 0 Å². The van der Waals surface area contributed by atoms with Gasteiger partial charge >= 0.3 is 6.09 Å². The van der Waals surface area contributed by atoms with E-state index < -0.39 is 5.60 Å². The zero-order valence-electron chi connectivity index (χ0n) is 13.3. The third-order valence-corrected chi connectivity index (χ3v) is 3.75. The van der Waals surface area contributed by atoms with E-state index in [2.05, 4.69) is 4.98 Å². The Kier molecular flexibility index (Phi) is 3.81. The fourth-order valence-electron chi connectivity index (χ4n) is 2.82. The van der Waals surface area contributed by atoms with Crippen LogP contribution in [0.1, 0.15) is 39.5 Å². The van der Waals surface area contributed by atoms with Gasteiger partial charge in [0.2, 0.25) is 0 Å². The van der Waals surface area contributed by atoms with Crippen LogP contribution in [-0.2, 0) is 11.2 Å². The third kappa shape index (κ3) is 3.24. The minimum Gasteiger partial charge on any atom is -0.444 e. The van der Waals surface area contributed by atoms with Crippen molar-refractivity contribution in [2.24, 2.45) is 0 Å². The van der Waals surface area contributed by atoms with Crippen LogP contribution in [0.15, 0.2) is 28.7 Å². The van der Waals surface area contributed by atoms with Crippen molar-refractivity contribution in [2.75, 3.05) is 6.54 Å². The number of carbonyl (C=O) groups is 1. The van der Waals surface area contributed by atoms with E-state index in [-0.39, 0.29) is 12.1 Å². The van der Waals surface area contributed by atoms with Gasteiger partial charge in [-0.2, -0.15) is 0 Å². The Labute approximate surface area is 130 Å². The van der Waals surface area contributed by atoms with Crippen LogP contribution in [0.25, 0.3) is 11.1 Å². The van der Waals surface area contributed by atoms with Crippen molar-refractivity contribution in [1.29, 1.82) is 0 Å². The molecule has 2 heterocycles. The number of fused-ring (bicyclic) bond motifs is 1. The highest BCUT2D eigenvalue weighted by Crippen LogP contribution is 2.25. The molecule has 1 atom stereocenters. The molecule has 118 valence electrons. The van der Waals surface area contributed by atoms with Crippen LogP contribution in [-0.4, -0.2) is 34.2 Å². The van der Waals surface area contributed by atoms with Gasteiger partial charge in [-0.15, -0.1) is 0 Å². The summed E-state index contributed by atoms with van der Waals surface area (Å²) in [5, 5.41) is 0. The molecule has 1 aromatic heterocycles. The second kappa shape index (κ2) is 5.63.